The summed E-state index contributed by atoms with van der Waals surface area (Å²) in [6.45, 7) is 0.699. The smallest absolute Gasteiger partial charge is 0.124 e. The minimum Gasteiger partial charge on any atom is -0.493 e. The molecule has 0 bridgehead atoms. The fraction of sp³-hybridized carbons (Fsp3) is 0.188. The number of benzene rings is 2. The zero-order chi connectivity index (χ0) is 13.9. The summed E-state index contributed by atoms with van der Waals surface area (Å²) in [5, 5.41) is 12.4. The Morgan fingerprint density at radius 3 is 3.00 bits per heavy atom. The third kappa shape index (κ3) is 2.63. The average Bonchev–Trinajstić information content (AvgIpc) is 2.48. The van der Waals surface area contributed by atoms with E-state index < -0.39 is 0 Å². The molecule has 1 aliphatic rings. The number of nitrogens with one attached hydrogen (secondary N) is 1. The molecule has 1 atom stereocenters. The van der Waals surface area contributed by atoms with Crippen molar-refractivity contribution >= 4 is 21.6 Å². The third-order valence-electron chi connectivity index (χ3n) is 3.34. The summed E-state index contributed by atoms with van der Waals surface area (Å²) in [5.41, 5.74) is 2.77. The number of anilines is 1. The van der Waals surface area contributed by atoms with Crippen molar-refractivity contribution in [2.24, 2.45) is 0 Å². The van der Waals surface area contributed by atoms with E-state index in [1.165, 1.54) is 0 Å². The Balaban J connectivity index is 1.89. The van der Waals surface area contributed by atoms with Gasteiger partial charge < -0.3 is 10.1 Å². The number of nitrogens with zero attached hydrogens (tertiary/aromatic N) is 1. The van der Waals surface area contributed by atoms with Gasteiger partial charge in [-0.3, -0.25) is 0 Å². The summed E-state index contributed by atoms with van der Waals surface area (Å²) in [5.74, 6) is 0.924. The molecule has 1 unspecified atom stereocenters. The van der Waals surface area contributed by atoms with E-state index in [2.05, 4.69) is 33.4 Å². The van der Waals surface area contributed by atoms with Crippen molar-refractivity contribution in [3.8, 4) is 11.8 Å². The van der Waals surface area contributed by atoms with E-state index in [-0.39, 0.29) is 6.04 Å². The van der Waals surface area contributed by atoms with Crippen LogP contribution in [-0.4, -0.2) is 6.61 Å². The molecule has 0 saturated heterocycles. The molecule has 2 aromatic carbocycles. The van der Waals surface area contributed by atoms with Gasteiger partial charge in [-0.2, -0.15) is 5.26 Å². The lowest BCUT2D eigenvalue weighted by atomic mass is 10.00. The van der Waals surface area contributed by atoms with Gasteiger partial charge in [0, 0.05) is 22.1 Å². The largest absolute Gasteiger partial charge is 0.493 e. The number of rotatable bonds is 2. The molecule has 0 aliphatic carbocycles. The van der Waals surface area contributed by atoms with Gasteiger partial charge in [-0.1, -0.05) is 22.0 Å². The van der Waals surface area contributed by atoms with Crippen molar-refractivity contribution in [1.29, 1.82) is 5.26 Å². The second-order valence-corrected chi connectivity index (χ2v) is 5.62. The molecular formula is C16H13BrN2O. The molecule has 3 nitrogen and oxygen atoms in total. The quantitative estimate of drug-likeness (QED) is 0.895. The highest BCUT2D eigenvalue weighted by molar-refractivity contribution is 9.10. The molecule has 3 rings (SSSR count). The predicted molar refractivity (Wildman–Crippen MR) is 81.8 cm³/mol. The third-order valence-corrected chi connectivity index (χ3v) is 3.84. The first-order valence-corrected chi connectivity index (χ1v) is 7.24. The highest BCUT2D eigenvalue weighted by Crippen LogP contribution is 2.36. The molecule has 1 heterocycles. The molecule has 1 N–H and O–H groups in total. The van der Waals surface area contributed by atoms with E-state index in [9.17, 15) is 0 Å². The van der Waals surface area contributed by atoms with Gasteiger partial charge in [-0.05, 0) is 36.4 Å². The number of hydrogen-bond donors (Lipinski definition) is 1. The molecule has 0 aromatic heterocycles. The molecule has 0 fully saturated rings. The lowest BCUT2D eigenvalue weighted by Crippen LogP contribution is -2.20. The van der Waals surface area contributed by atoms with E-state index in [0.717, 1.165) is 27.9 Å². The first-order valence-electron chi connectivity index (χ1n) is 6.45. The first-order chi connectivity index (χ1) is 9.76. The van der Waals surface area contributed by atoms with Crippen LogP contribution in [0.3, 0.4) is 0 Å². The van der Waals surface area contributed by atoms with E-state index in [0.29, 0.717) is 12.2 Å². The van der Waals surface area contributed by atoms with Crippen LogP contribution in [0.2, 0.25) is 0 Å². The minimum absolute atomic E-state index is 0.199. The molecular weight excluding hydrogens is 316 g/mol. The Morgan fingerprint density at radius 2 is 2.15 bits per heavy atom. The van der Waals surface area contributed by atoms with Gasteiger partial charge in [-0.25, -0.2) is 0 Å². The SMILES string of the molecule is N#Cc1cccc(NC2CCOc3ccc(Br)cc32)c1. The highest BCUT2D eigenvalue weighted by atomic mass is 79.9. The molecule has 0 amide bonds. The second kappa shape index (κ2) is 5.56. The van der Waals surface area contributed by atoms with Crippen LogP contribution in [0.1, 0.15) is 23.6 Å². The monoisotopic (exact) mass is 328 g/mol. The van der Waals surface area contributed by atoms with Crippen LogP contribution in [0.15, 0.2) is 46.9 Å². The molecule has 20 heavy (non-hydrogen) atoms. The predicted octanol–water partition coefficient (Wildman–Crippen LogP) is 4.26. The lowest BCUT2D eigenvalue weighted by molar-refractivity contribution is 0.274. The number of nitriles is 1. The standard InChI is InChI=1S/C16H13BrN2O/c17-12-4-5-16-14(9-12)15(6-7-20-16)19-13-3-1-2-11(8-13)10-18/h1-5,8-9,15,19H,6-7H2. The van der Waals surface area contributed by atoms with Crippen molar-refractivity contribution in [3.05, 3.63) is 58.1 Å². The summed E-state index contributed by atoms with van der Waals surface area (Å²) in [6, 6.07) is 16.0. The Labute approximate surface area is 126 Å². The van der Waals surface area contributed by atoms with Gasteiger partial charge in [0.05, 0.1) is 24.3 Å². The maximum Gasteiger partial charge on any atom is 0.124 e. The van der Waals surface area contributed by atoms with Gasteiger partial charge in [0.2, 0.25) is 0 Å². The van der Waals surface area contributed by atoms with Crippen LogP contribution in [0.25, 0.3) is 0 Å². The molecule has 2 aromatic rings. The normalized spacial score (nSPS) is 16.7. The van der Waals surface area contributed by atoms with Crippen LogP contribution in [-0.2, 0) is 0 Å². The van der Waals surface area contributed by atoms with Crippen LogP contribution in [0.5, 0.6) is 5.75 Å². The summed E-state index contributed by atoms with van der Waals surface area (Å²) in [7, 11) is 0. The number of hydrogen-bond acceptors (Lipinski definition) is 3. The summed E-state index contributed by atoms with van der Waals surface area (Å²) in [6.07, 6.45) is 0.903. The van der Waals surface area contributed by atoms with Crippen molar-refractivity contribution in [2.75, 3.05) is 11.9 Å². The summed E-state index contributed by atoms with van der Waals surface area (Å²) in [4.78, 5) is 0. The maximum atomic E-state index is 8.96. The number of ether oxygens (including phenoxy) is 1. The second-order valence-electron chi connectivity index (χ2n) is 4.71. The van der Waals surface area contributed by atoms with E-state index >= 15 is 0 Å². The van der Waals surface area contributed by atoms with Crippen molar-refractivity contribution in [3.63, 3.8) is 0 Å². The van der Waals surface area contributed by atoms with Gasteiger partial charge in [0.25, 0.3) is 0 Å². The van der Waals surface area contributed by atoms with Crippen LogP contribution in [0, 0.1) is 11.3 Å². The van der Waals surface area contributed by atoms with Crippen LogP contribution < -0.4 is 10.1 Å². The molecule has 100 valence electrons. The topological polar surface area (TPSA) is 45.0 Å². The van der Waals surface area contributed by atoms with Gasteiger partial charge in [0.1, 0.15) is 5.75 Å². The van der Waals surface area contributed by atoms with Gasteiger partial charge >= 0.3 is 0 Å². The molecule has 1 aliphatic heterocycles. The summed E-state index contributed by atoms with van der Waals surface area (Å²) >= 11 is 3.50. The van der Waals surface area contributed by atoms with Crippen LogP contribution in [0.4, 0.5) is 5.69 Å². The molecule has 4 heteroatoms. The van der Waals surface area contributed by atoms with Crippen molar-refractivity contribution in [1.82, 2.24) is 0 Å². The van der Waals surface area contributed by atoms with Gasteiger partial charge in [0.15, 0.2) is 0 Å². The lowest BCUT2D eigenvalue weighted by Gasteiger charge is -2.27. The Kier molecular flexibility index (Phi) is 3.62. The Hall–Kier alpha value is -1.99. The molecule has 0 spiro atoms. The zero-order valence-corrected chi connectivity index (χ0v) is 12.4. The van der Waals surface area contributed by atoms with Crippen molar-refractivity contribution in [2.45, 2.75) is 12.5 Å². The van der Waals surface area contributed by atoms with Crippen molar-refractivity contribution < 1.29 is 4.74 Å². The van der Waals surface area contributed by atoms with E-state index in [4.69, 9.17) is 10.00 Å². The Bertz CT molecular complexity index is 678. The fourth-order valence-electron chi connectivity index (χ4n) is 2.39. The first kappa shape index (κ1) is 13.0. The molecule has 0 radical (unpaired) electrons. The number of halogens is 1. The minimum atomic E-state index is 0.199. The van der Waals surface area contributed by atoms with E-state index in [1.807, 2.05) is 30.3 Å². The highest BCUT2D eigenvalue weighted by Gasteiger charge is 2.21. The number of fused-ring (bicyclic) bond motifs is 1. The fourth-order valence-corrected chi connectivity index (χ4v) is 2.77. The zero-order valence-electron chi connectivity index (χ0n) is 10.8. The van der Waals surface area contributed by atoms with Crippen LogP contribution >= 0.6 is 15.9 Å². The molecule has 0 saturated carbocycles. The summed E-state index contributed by atoms with van der Waals surface area (Å²) < 4.78 is 6.72. The van der Waals surface area contributed by atoms with Gasteiger partial charge in [-0.15, -0.1) is 0 Å². The Morgan fingerprint density at radius 1 is 1.25 bits per heavy atom. The average molecular weight is 329 g/mol. The maximum absolute atomic E-state index is 8.96. The van der Waals surface area contributed by atoms with E-state index in [1.54, 1.807) is 6.07 Å².